The van der Waals surface area contributed by atoms with Crippen LogP contribution in [0.15, 0.2) is 35.3 Å². The average Bonchev–Trinajstić information content (AvgIpc) is 3.13. The monoisotopic (exact) mass is 373 g/mol. The number of hydrogen-bond acceptors (Lipinski definition) is 3. The highest BCUT2D eigenvalue weighted by molar-refractivity contribution is 5.81. The van der Waals surface area contributed by atoms with Crippen molar-refractivity contribution >= 4 is 11.9 Å². The normalized spacial score (nSPS) is 17.7. The third kappa shape index (κ3) is 7.21. The number of likely N-dealkylation sites (tertiary alicyclic amines) is 1. The molecule has 1 saturated heterocycles. The molecule has 0 radical (unpaired) electrons. The maximum absolute atomic E-state index is 12.3. The Hall–Kier alpha value is -2.08. The summed E-state index contributed by atoms with van der Waals surface area (Å²) in [5, 5.41) is 6.71. The number of amides is 1. The molecule has 1 aliphatic rings. The Bertz CT molecular complexity index is 587. The molecular weight excluding hydrogens is 338 g/mol. The summed E-state index contributed by atoms with van der Waals surface area (Å²) in [6, 6.07) is 10.5. The van der Waals surface area contributed by atoms with Crippen LogP contribution in [0.25, 0.3) is 0 Å². The Kier molecular flexibility index (Phi) is 9.11. The number of nitrogens with one attached hydrogen (secondary N) is 2. The van der Waals surface area contributed by atoms with E-state index in [1.807, 2.05) is 20.2 Å². The summed E-state index contributed by atoms with van der Waals surface area (Å²) in [6.45, 7) is 6.50. The molecule has 150 valence electrons. The van der Waals surface area contributed by atoms with Gasteiger partial charge in [-0.15, -0.1) is 0 Å². The van der Waals surface area contributed by atoms with Crippen LogP contribution in [-0.2, 0) is 11.2 Å². The molecule has 27 heavy (non-hydrogen) atoms. The maximum atomic E-state index is 12.3. The molecule has 1 fully saturated rings. The molecule has 2 N–H and O–H groups in total. The maximum Gasteiger partial charge on any atom is 0.239 e. The lowest BCUT2D eigenvalue weighted by molar-refractivity contribution is -0.133. The molecular formula is C21H35N5O. The first kappa shape index (κ1) is 21.2. The van der Waals surface area contributed by atoms with Crippen LogP contribution in [0.1, 0.15) is 31.7 Å². The first-order valence-corrected chi connectivity index (χ1v) is 10.1. The van der Waals surface area contributed by atoms with Crippen LogP contribution in [-0.4, -0.2) is 74.5 Å². The summed E-state index contributed by atoms with van der Waals surface area (Å²) in [5.41, 5.74) is 1.33. The third-order valence-corrected chi connectivity index (χ3v) is 4.86. The summed E-state index contributed by atoms with van der Waals surface area (Å²) in [6.07, 6.45) is 4.03. The fourth-order valence-electron chi connectivity index (χ4n) is 3.45. The van der Waals surface area contributed by atoms with E-state index in [1.54, 1.807) is 4.90 Å². The van der Waals surface area contributed by atoms with Crippen molar-refractivity contribution in [3.8, 4) is 0 Å². The van der Waals surface area contributed by atoms with E-state index in [0.717, 1.165) is 64.4 Å². The lowest BCUT2D eigenvalue weighted by atomic mass is 10.1. The zero-order valence-electron chi connectivity index (χ0n) is 17.1. The summed E-state index contributed by atoms with van der Waals surface area (Å²) in [4.78, 5) is 21.0. The van der Waals surface area contributed by atoms with Crippen molar-refractivity contribution in [2.24, 2.45) is 4.99 Å². The number of hydrogen-bond donors (Lipinski definition) is 2. The molecule has 1 amide bonds. The van der Waals surface area contributed by atoms with E-state index in [9.17, 15) is 4.79 Å². The fourth-order valence-corrected chi connectivity index (χ4v) is 3.45. The highest BCUT2D eigenvalue weighted by Crippen LogP contribution is 2.18. The number of benzene rings is 1. The number of likely N-dealkylation sites (N-methyl/N-ethyl adjacent to an activating group) is 1. The third-order valence-electron chi connectivity index (χ3n) is 4.86. The van der Waals surface area contributed by atoms with Crippen LogP contribution in [0.5, 0.6) is 0 Å². The van der Waals surface area contributed by atoms with Gasteiger partial charge in [0.1, 0.15) is 0 Å². The van der Waals surface area contributed by atoms with Gasteiger partial charge in [0.2, 0.25) is 5.91 Å². The molecule has 0 bridgehead atoms. The van der Waals surface area contributed by atoms with Crippen molar-refractivity contribution in [2.45, 2.75) is 38.6 Å². The van der Waals surface area contributed by atoms with Crippen molar-refractivity contribution < 1.29 is 4.79 Å². The topological polar surface area (TPSA) is 60.0 Å². The van der Waals surface area contributed by atoms with Gasteiger partial charge >= 0.3 is 0 Å². The molecule has 1 atom stereocenters. The molecule has 1 unspecified atom stereocenters. The second-order valence-electron chi connectivity index (χ2n) is 7.20. The molecule has 0 spiro atoms. The highest BCUT2D eigenvalue weighted by Gasteiger charge is 2.30. The van der Waals surface area contributed by atoms with Crippen molar-refractivity contribution in [3.05, 3.63) is 35.9 Å². The summed E-state index contributed by atoms with van der Waals surface area (Å²) < 4.78 is 0. The van der Waals surface area contributed by atoms with Gasteiger partial charge < -0.3 is 15.5 Å². The van der Waals surface area contributed by atoms with Gasteiger partial charge in [0.25, 0.3) is 0 Å². The van der Waals surface area contributed by atoms with Crippen molar-refractivity contribution in [1.82, 2.24) is 20.4 Å². The van der Waals surface area contributed by atoms with Crippen LogP contribution in [0.2, 0.25) is 0 Å². The van der Waals surface area contributed by atoms with Crippen LogP contribution in [0.3, 0.4) is 0 Å². The van der Waals surface area contributed by atoms with E-state index in [1.165, 1.54) is 5.56 Å². The van der Waals surface area contributed by atoms with Gasteiger partial charge in [-0.1, -0.05) is 30.3 Å². The van der Waals surface area contributed by atoms with E-state index in [4.69, 9.17) is 0 Å². The molecule has 1 aromatic carbocycles. The van der Waals surface area contributed by atoms with Crippen molar-refractivity contribution in [3.63, 3.8) is 0 Å². The second kappa shape index (κ2) is 11.6. The quantitative estimate of drug-likeness (QED) is 0.393. The van der Waals surface area contributed by atoms with Crippen LogP contribution in [0, 0.1) is 0 Å². The summed E-state index contributed by atoms with van der Waals surface area (Å²) in [7, 11) is 3.68. The van der Waals surface area contributed by atoms with Gasteiger partial charge in [0.15, 0.2) is 5.96 Å². The first-order chi connectivity index (χ1) is 13.1. The minimum absolute atomic E-state index is 0.0567. The van der Waals surface area contributed by atoms with Gasteiger partial charge in [0, 0.05) is 40.3 Å². The Labute approximate surface area is 164 Å². The van der Waals surface area contributed by atoms with Crippen molar-refractivity contribution in [1.29, 1.82) is 0 Å². The van der Waals surface area contributed by atoms with E-state index in [2.05, 4.69) is 51.7 Å². The Morgan fingerprint density at radius 3 is 2.74 bits per heavy atom. The first-order valence-electron chi connectivity index (χ1n) is 10.1. The number of rotatable bonds is 9. The largest absolute Gasteiger partial charge is 0.357 e. The van der Waals surface area contributed by atoms with E-state index < -0.39 is 0 Å². The SMILES string of the molecule is CCNC(=NCCCN1CCCC1C(=O)N(C)C)NCCc1ccccc1. The minimum atomic E-state index is 0.0567. The van der Waals surface area contributed by atoms with E-state index in [-0.39, 0.29) is 11.9 Å². The molecule has 1 aliphatic heterocycles. The van der Waals surface area contributed by atoms with Gasteiger partial charge in [-0.2, -0.15) is 0 Å². The molecule has 1 heterocycles. The molecule has 2 rings (SSSR count). The summed E-state index contributed by atoms with van der Waals surface area (Å²) >= 11 is 0. The molecule has 6 nitrogen and oxygen atoms in total. The van der Waals surface area contributed by atoms with Crippen molar-refractivity contribution in [2.75, 3.05) is 46.8 Å². The Balaban J connectivity index is 1.73. The predicted octanol–water partition coefficient (Wildman–Crippen LogP) is 1.73. The molecule has 0 aromatic heterocycles. The number of nitrogens with zero attached hydrogens (tertiary/aromatic N) is 3. The average molecular weight is 374 g/mol. The Morgan fingerprint density at radius 2 is 2.04 bits per heavy atom. The number of carbonyl (C=O) groups excluding carboxylic acids is 1. The lowest BCUT2D eigenvalue weighted by Gasteiger charge is -2.25. The minimum Gasteiger partial charge on any atom is -0.357 e. The smallest absolute Gasteiger partial charge is 0.239 e. The van der Waals surface area contributed by atoms with Gasteiger partial charge in [0.05, 0.1) is 6.04 Å². The van der Waals surface area contributed by atoms with E-state index >= 15 is 0 Å². The number of carbonyl (C=O) groups is 1. The van der Waals surface area contributed by atoms with Gasteiger partial charge in [-0.25, -0.2) is 0 Å². The highest BCUT2D eigenvalue weighted by atomic mass is 16.2. The summed E-state index contributed by atoms with van der Waals surface area (Å²) in [5.74, 6) is 1.10. The zero-order chi connectivity index (χ0) is 19.5. The Morgan fingerprint density at radius 1 is 1.26 bits per heavy atom. The molecule has 0 aliphatic carbocycles. The number of aliphatic imine (C=N–C) groups is 1. The van der Waals surface area contributed by atoms with Crippen LogP contribution in [0.4, 0.5) is 0 Å². The van der Waals surface area contributed by atoms with E-state index in [0.29, 0.717) is 0 Å². The lowest BCUT2D eigenvalue weighted by Crippen LogP contribution is -2.43. The predicted molar refractivity (Wildman–Crippen MR) is 112 cm³/mol. The zero-order valence-corrected chi connectivity index (χ0v) is 17.1. The molecule has 0 saturated carbocycles. The van der Waals surface area contributed by atoms with Crippen LogP contribution >= 0.6 is 0 Å². The number of guanidine groups is 1. The molecule has 1 aromatic rings. The second-order valence-corrected chi connectivity index (χ2v) is 7.20. The fraction of sp³-hybridized carbons (Fsp3) is 0.619. The van der Waals surface area contributed by atoms with Gasteiger partial charge in [-0.3, -0.25) is 14.7 Å². The molecule has 6 heteroatoms. The van der Waals surface area contributed by atoms with Gasteiger partial charge in [-0.05, 0) is 44.7 Å². The van der Waals surface area contributed by atoms with Crippen LogP contribution < -0.4 is 10.6 Å². The standard InChI is InChI=1S/C21H35N5O/c1-4-22-21(24-15-13-18-10-6-5-7-11-18)23-14-9-17-26-16-8-12-19(26)20(27)25(2)3/h5-7,10-11,19H,4,8-9,12-17H2,1-3H3,(H2,22,23,24).